The molecule has 18 heavy (non-hydrogen) atoms. The lowest BCUT2D eigenvalue weighted by atomic mass is 9.78. The van der Waals surface area contributed by atoms with E-state index < -0.39 is 0 Å². The zero-order valence-electron chi connectivity index (χ0n) is 10.8. The first-order chi connectivity index (χ1) is 8.69. The molecule has 3 N–H and O–H groups in total. The maximum absolute atomic E-state index is 5.99. The van der Waals surface area contributed by atoms with Crippen LogP contribution in [0.5, 0.6) is 0 Å². The SMILES string of the molecule is COCCNC1(CN)CCc2cc(Br)ccc2C1. The molecule has 0 saturated carbocycles. The first-order valence-corrected chi connectivity index (χ1v) is 7.20. The number of hydrogen-bond acceptors (Lipinski definition) is 3. The van der Waals surface area contributed by atoms with E-state index in [0.29, 0.717) is 6.54 Å². The summed E-state index contributed by atoms with van der Waals surface area (Å²) in [6.45, 7) is 2.26. The summed E-state index contributed by atoms with van der Waals surface area (Å²) in [5.74, 6) is 0. The van der Waals surface area contributed by atoms with Crippen molar-refractivity contribution in [1.82, 2.24) is 5.32 Å². The first-order valence-electron chi connectivity index (χ1n) is 6.40. The zero-order chi connectivity index (χ0) is 13.0. The highest BCUT2D eigenvalue weighted by Crippen LogP contribution is 2.30. The van der Waals surface area contributed by atoms with E-state index in [2.05, 4.69) is 39.4 Å². The molecule has 0 saturated heterocycles. The smallest absolute Gasteiger partial charge is 0.0587 e. The predicted octanol–water partition coefficient (Wildman–Crippen LogP) is 1.87. The summed E-state index contributed by atoms with van der Waals surface area (Å²) in [4.78, 5) is 0. The van der Waals surface area contributed by atoms with Crippen LogP contribution in [0.2, 0.25) is 0 Å². The number of halogens is 1. The molecule has 1 unspecified atom stereocenters. The number of nitrogens with one attached hydrogen (secondary N) is 1. The molecule has 0 fully saturated rings. The Balaban J connectivity index is 2.10. The molecule has 0 heterocycles. The third-order valence-corrected chi connectivity index (χ3v) is 4.26. The number of fused-ring (bicyclic) bond motifs is 1. The van der Waals surface area contributed by atoms with E-state index >= 15 is 0 Å². The number of ether oxygens (including phenoxy) is 1. The molecule has 0 radical (unpaired) electrons. The monoisotopic (exact) mass is 312 g/mol. The Morgan fingerprint density at radius 2 is 2.28 bits per heavy atom. The molecule has 0 bridgehead atoms. The summed E-state index contributed by atoms with van der Waals surface area (Å²) >= 11 is 3.53. The lowest BCUT2D eigenvalue weighted by Gasteiger charge is -2.38. The van der Waals surface area contributed by atoms with Crippen LogP contribution in [0.4, 0.5) is 0 Å². The standard InChI is InChI=1S/C14H21BrN2O/c1-18-7-6-17-14(10-16)5-4-11-8-13(15)3-2-12(11)9-14/h2-3,8,17H,4-7,9-10,16H2,1H3. The average Bonchev–Trinajstić information content (AvgIpc) is 2.39. The number of rotatable bonds is 5. The minimum absolute atomic E-state index is 0.0410. The summed E-state index contributed by atoms with van der Waals surface area (Å²) in [6.07, 6.45) is 3.19. The van der Waals surface area contributed by atoms with Crippen molar-refractivity contribution in [3.05, 3.63) is 33.8 Å². The Morgan fingerprint density at radius 1 is 1.44 bits per heavy atom. The first kappa shape index (κ1) is 14.0. The van der Waals surface area contributed by atoms with E-state index in [1.807, 2.05) is 0 Å². The van der Waals surface area contributed by atoms with Gasteiger partial charge in [-0.05, 0) is 42.5 Å². The van der Waals surface area contributed by atoms with Gasteiger partial charge < -0.3 is 15.8 Å². The minimum Gasteiger partial charge on any atom is -0.383 e. The van der Waals surface area contributed by atoms with E-state index in [1.54, 1.807) is 7.11 Å². The van der Waals surface area contributed by atoms with Gasteiger partial charge in [0.15, 0.2) is 0 Å². The molecule has 1 aliphatic carbocycles. The van der Waals surface area contributed by atoms with E-state index in [9.17, 15) is 0 Å². The molecule has 0 aromatic heterocycles. The van der Waals surface area contributed by atoms with Crippen LogP contribution in [-0.4, -0.2) is 32.3 Å². The van der Waals surface area contributed by atoms with Gasteiger partial charge in [0.25, 0.3) is 0 Å². The second-order valence-corrected chi connectivity index (χ2v) is 5.91. The Kier molecular flexibility index (Phi) is 4.78. The Morgan fingerprint density at radius 3 is 3.00 bits per heavy atom. The van der Waals surface area contributed by atoms with E-state index in [1.165, 1.54) is 11.1 Å². The molecule has 0 spiro atoms. The molecule has 1 atom stereocenters. The molecule has 4 heteroatoms. The summed E-state index contributed by atoms with van der Waals surface area (Å²) < 4.78 is 6.26. The van der Waals surface area contributed by atoms with Gasteiger partial charge in [-0.1, -0.05) is 22.0 Å². The van der Waals surface area contributed by atoms with Crippen molar-refractivity contribution in [2.75, 3.05) is 26.8 Å². The van der Waals surface area contributed by atoms with Crippen molar-refractivity contribution in [3.63, 3.8) is 0 Å². The topological polar surface area (TPSA) is 47.3 Å². The largest absolute Gasteiger partial charge is 0.383 e. The van der Waals surface area contributed by atoms with Gasteiger partial charge in [-0.25, -0.2) is 0 Å². The van der Waals surface area contributed by atoms with Crippen molar-refractivity contribution in [3.8, 4) is 0 Å². The lowest BCUT2D eigenvalue weighted by molar-refractivity contribution is 0.179. The second-order valence-electron chi connectivity index (χ2n) is 4.99. The summed E-state index contributed by atoms with van der Waals surface area (Å²) in [6, 6.07) is 6.55. The number of benzene rings is 1. The fourth-order valence-electron chi connectivity index (χ4n) is 2.64. The fourth-order valence-corrected chi connectivity index (χ4v) is 3.05. The van der Waals surface area contributed by atoms with Gasteiger partial charge in [0.2, 0.25) is 0 Å². The quantitative estimate of drug-likeness (QED) is 0.816. The Labute approximate surface area is 117 Å². The average molecular weight is 313 g/mol. The van der Waals surface area contributed by atoms with Crippen LogP contribution in [0.15, 0.2) is 22.7 Å². The maximum Gasteiger partial charge on any atom is 0.0587 e. The number of hydrogen-bond donors (Lipinski definition) is 2. The maximum atomic E-state index is 5.99. The molecule has 1 aromatic carbocycles. The van der Waals surface area contributed by atoms with Gasteiger partial charge in [-0.2, -0.15) is 0 Å². The normalized spacial score (nSPS) is 22.8. The molecular weight excluding hydrogens is 292 g/mol. The molecule has 0 amide bonds. The van der Waals surface area contributed by atoms with E-state index in [-0.39, 0.29) is 5.54 Å². The molecule has 3 nitrogen and oxygen atoms in total. The van der Waals surface area contributed by atoms with Crippen molar-refractivity contribution in [2.45, 2.75) is 24.8 Å². The van der Waals surface area contributed by atoms with Gasteiger partial charge in [0, 0.05) is 30.2 Å². The third-order valence-electron chi connectivity index (χ3n) is 3.77. The van der Waals surface area contributed by atoms with Crippen LogP contribution in [0.3, 0.4) is 0 Å². The number of methoxy groups -OCH3 is 1. The number of aryl methyl sites for hydroxylation is 1. The van der Waals surface area contributed by atoms with Crippen LogP contribution in [0.1, 0.15) is 17.5 Å². The van der Waals surface area contributed by atoms with Crippen LogP contribution < -0.4 is 11.1 Å². The molecule has 1 aliphatic rings. The van der Waals surface area contributed by atoms with Gasteiger partial charge >= 0.3 is 0 Å². The highest BCUT2D eigenvalue weighted by atomic mass is 79.9. The van der Waals surface area contributed by atoms with Gasteiger partial charge in [0.1, 0.15) is 0 Å². The zero-order valence-corrected chi connectivity index (χ0v) is 12.4. The lowest BCUT2D eigenvalue weighted by Crippen LogP contribution is -2.55. The van der Waals surface area contributed by atoms with Gasteiger partial charge in [-0.3, -0.25) is 0 Å². The Hall–Kier alpha value is -0.420. The number of nitrogens with two attached hydrogens (primary N) is 1. The van der Waals surface area contributed by atoms with Crippen molar-refractivity contribution < 1.29 is 4.74 Å². The molecular formula is C14H21BrN2O. The minimum atomic E-state index is 0.0410. The summed E-state index contributed by atoms with van der Waals surface area (Å²) in [7, 11) is 1.73. The van der Waals surface area contributed by atoms with Crippen molar-refractivity contribution in [1.29, 1.82) is 0 Å². The van der Waals surface area contributed by atoms with Crippen molar-refractivity contribution in [2.24, 2.45) is 5.73 Å². The fraction of sp³-hybridized carbons (Fsp3) is 0.571. The second kappa shape index (κ2) is 6.15. The summed E-state index contributed by atoms with van der Waals surface area (Å²) in [5.41, 5.74) is 8.90. The summed E-state index contributed by atoms with van der Waals surface area (Å²) in [5, 5.41) is 3.58. The highest BCUT2D eigenvalue weighted by Gasteiger charge is 2.32. The van der Waals surface area contributed by atoms with E-state index in [0.717, 1.165) is 36.9 Å². The Bertz CT molecular complexity index is 411. The molecule has 0 aliphatic heterocycles. The van der Waals surface area contributed by atoms with Crippen LogP contribution in [-0.2, 0) is 17.6 Å². The van der Waals surface area contributed by atoms with E-state index in [4.69, 9.17) is 10.5 Å². The van der Waals surface area contributed by atoms with Crippen LogP contribution >= 0.6 is 15.9 Å². The van der Waals surface area contributed by atoms with Crippen LogP contribution in [0, 0.1) is 0 Å². The van der Waals surface area contributed by atoms with Gasteiger partial charge in [-0.15, -0.1) is 0 Å². The molecule has 100 valence electrons. The predicted molar refractivity (Wildman–Crippen MR) is 77.8 cm³/mol. The highest BCUT2D eigenvalue weighted by molar-refractivity contribution is 9.10. The third kappa shape index (κ3) is 3.12. The van der Waals surface area contributed by atoms with Gasteiger partial charge in [0.05, 0.1) is 6.61 Å². The van der Waals surface area contributed by atoms with Crippen molar-refractivity contribution >= 4 is 15.9 Å². The molecule has 2 rings (SSSR count). The molecule has 1 aromatic rings. The van der Waals surface area contributed by atoms with Crippen LogP contribution in [0.25, 0.3) is 0 Å².